The minimum absolute atomic E-state index is 0.0456. The maximum Gasteiger partial charge on any atom is 0.242 e. The van der Waals surface area contributed by atoms with E-state index >= 15 is 0 Å². The van der Waals surface area contributed by atoms with E-state index in [4.69, 9.17) is 22.1 Å². The average molecular weight is 384 g/mol. The third kappa shape index (κ3) is 3.28. The van der Waals surface area contributed by atoms with Gasteiger partial charge in [0.1, 0.15) is 0 Å². The molecule has 0 aliphatic heterocycles. The van der Waals surface area contributed by atoms with Crippen LogP contribution < -0.4 is 10.5 Å². The predicted octanol–water partition coefficient (Wildman–Crippen LogP) is 2.53. The van der Waals surface area contributed by atoms with Crippen LogP contribution >= 0.6 is 27.5 Å². The number of rotatable bonds is 4. The molecule has 1 aliphatic rings. The zero-order valence-electron chi connectivity index (χ0n) is 10.9. The first-order valence-corrected chi connectivity index (χ1v) is 8.80. The van der Waals surface area contributed by atoms with Crippen molar-refractivity contribution in [2.75, 3.05) is 12.8 Å². The zero-order valence-corrected chi connectivity index (χ0v) is 14.1. The van der Waals surface area contributed by atoms with Crippen LogP contribution in [-0.2, 0) is 14.8 Å². The molecule has 1 aromatic carbocycles. The molecule has 0 radical (unpaired) electrons. The van der Waals surface area contributed by atoms with Gasteiger partial charge in [-0.05, 0) is 47.3 Å². The molecule has 3 N–H and O–H groups in total. The number of hydrogen-bond donors (Lipinski definition) is 2. The number of anilines is 1. The molecule has 1 aliphatic carbocycles. The van der Waals surface area contributed by atoms with Crippen LogP contribution in [0.5, 0.6) is 0 Å². The standard InChI is InChI=1S/C12H16BrClN2O3S/c1-19-10-4-2-3-9(10)16-20(17,18)11-6-7(14)5-8(15)12(11)13/h5-6,9-10,16H,2-4,15H2,1H3. The number of nitrogens with one attached hydrogen (secondary N) is 1. The molecule has 2 atom stereocenters. The molecule has 0 bridgehead atoms. The number of halogens is 2. The largest absolute Gasteiger partial charge is 0.398 e. The van der Waals surface area contributed by atoms with Gasteiger partial charge in [-0.2, -0.15) is 0 Å². The van der Waals surface area contributed by atoms with Crippen LogP contribution in [0.2, 0.25) is 5.02 Å². The van der Waals surface area contributed by atoms with Crippen LogP contribution in [0.25, 0.3) is 0 Å². The van der Waals surface area contributed by atoms with Gasteiger partial charge in [0.25, 0.3) is 0 Å². The maximum absolute atomic E-state index is 12.5. The highest BCUT2D eigenvalue weighted by Gasteiger charge is 2.32. The summed E-state index contributed by atoms with van der Waals surface area (Å²) in [6, 6.07) is 2.65. The minimum Gasteiger partial charge on any atom is -0.398 e. The molecule has 1 fully saturated rings. The van der Waals surface area contributed by atoms with Crippen molar-refractivity contribution in [1.82, 2.24) is 4.72 Å². The molecule has 2 unspecified atom stereocenters. The lowest BCUT2D eigenvalue weighted by Crippen LogP contribution is -2.40. The van der Waals surface area contributed by atoms with Crippen LogP contribution in [0.15, 0.2) is 21.5 Å². The Morgan fingerprint density at radius 2 is 2.15 bits per heavy atom. The molecule has 0 aromatic heterocycles. The average Bonchev–Trinajstić information content (AvgIpc) is 2.80. The van der Waals surface area contributed by atoms with E-state index in [0.29, 0.717) is 4.47 Å². The number of methoxy groups -OCH3 is 1. The van der Waals surface area contributed by atoms with Gasteiger partial charge in [0.2, 0.25) is 10.0 Å². The topological polar surface area (TPSA) is 81.4 Å². The fourth-order valence-electron chi connectivity index (χ4n) is 2.39. The summed E-state index contributed by atoms with van der Waals surface area (Å²) in [7, 11) is -2.12. The highest BCUT2D eigenvalue weighted by molar-refractivity contribution is 9.10. The summed E-state index contributed by atoms with van der Waals surface area (Å²) in [6.07, 6.45) is 2.44. The van der Waals surface area contributed by atoms with E-state index in [-0.39, 0.29) is 27.8 Å². The molecule has 0 saturated heterocycles. The van der Waals surface area contributed by atoms with Crippen LogP contribution in [-0.4, -0.2) is 27.7 Å². The van der Waals surface area contributed by atoms with E-state index in [1.165, 1.54) is 12.1 Å². The molecule has 20 heavy (non-hydrogen) atoms. The van der Waals surface area contributed by atoms with Gasteiger partial charge in [0.15, 0.2) is 0 Å². The maximum atomic E-state index is 12.5. The van der Waals surface area contributed by atoms with Crippen molar-refractivity contribution in [3.63, 3.8) is 0 Å². The molecule has 1 aromatic rings. The van der Waals surface area contributed by atoms with Gasteiger partial charge in [-0.1, -0.05) is 11.6 Å². The third-order valence-corrected chi connectivity index (χ3v) is 6.26. The summed E-state index contributed by atoms with van der Waals surface area (Å²) in [5.41, 5.74) is 6.02. The van der Waals surface area contributed by atoms with Gasteiger partial charge >= 0.3 is 0 Å². The van der Waals surface area contributed by atoms with Crippen molar-refractivity contribution in [1.29, 1.82) is 0 Å². The molecule has 112 valence electrons. The fraction of sp³-hybridized carbons (Fsp3) is 0.500. The second-order valence-electron chi connectivity index (χ2n) is 4.74. The smallest absolute Gasteiger partial charge is 0.242 e. The molecule has 5 nitrogen and oxygen atoms in total. The van der Waals surface area contributed by atoms with E-state index in [1.54, 1.807) is 7.11 Å². The Labute approximate surface area is 132 Å². The first-order chi connectivity index (χ1) is 9.35. The Balaban J connectivity index is 2.31. The van der Waals surface area contributed by atoms with E-state index in [2.05, 4.69) is 20.7 Å². The van der Waals surface area contributed by atoms with Gasteiger partial charge < -0.3 is 10.5 Å². The zero-order chi connectivity index (χ0) is 14.9. The van der Waals surface area contributed by atoms with Crippen LogP contribution in [0.3, 0.4) is 0 Å². The van der Waals surface area contributed by atoms with E-state index in [9.17, 15) is 8.42 Å². The lowest BCUT2D eigenvalue weighted by molar-refractivity contribution is 0.0916. The molecule has 0 heterocycles. The Hall–Kier alpha value is -0.340. The monoisotopic (exact) mass is 382 g/mol. The normalized spacial score (nSPS) is 23.1. The van der Waals surface area contributed by atoms with Crippen molar-refractivity contribution >= 4 is 43.2 Å². The van der Waals surface area contributed by atoms with Gasteiger partial charge in [-0.25, -0.2) is 13.1 Å². The quantitative estimate of drug-likeness (QED) is 0.783. The first-order valence-electron chi connectivity index (χ1n) is 6.15. The second kappa shape index (κ2) is 6.19. The lowest BCUT2D eigenvalue weighted by Gasteiger charge is -2.20. The number of nitrogen functional groups attached to an aromatic ring is 1. The summed E-state index contributed by atoms with van der Waals surface area (Å²) >= 11 is 9.08. The van der Waals surface area contributed by atoms with Crippen molar-refractivity contribution in [3.05, 3.63) is 21.6 Å². The number of ether oxygens (including phenoxy) is 1. The molecule has 2 rings (SSSR count). The van der Waals surface area contributed by atoms with E-state index in [1.807, 2.05) is 0 Å². The Morgan fingerprint density at radius 1 is 1.45 bits per heavy atom. The molecule has 8 heteroatoms. The second-order valence-corrected chi connectivity index (χ2v) is 7.65. The summed E-state index contributed by atoms with van der Waals surface area (Å²) < 4.78 is 33.2. The molecule has 0 spiro atoms. The minimum atomic E-state index is -3.70. The number of benzene rings is 1. The SMILES string of the molecule is COC1CCCC1NS(=O)(=O)c1cc(Cl)cc(N)c1Br. The number of hydrogen-bond acceptors (Lipinski definition) is 4. The highest BCUT2D eigenvalue weighted by Crippen LogP contribution is 2.32. The van der Waals surface area contributed by atoms with Crippen LogP contribution in [0.1, 0.15) is 19.3 Å². The summed E-state index contributed by atoms with van der Waals surface area (Å²) in [5, 5.41) is 0.279. The summed E-state index contributed by atoms with van der Waals surface area (Å²) in [4.78, 5) is 0.0456. The van der Waals surface area contributed by atoms with Crippen molar-refractivity contribution in [2.24, 2.45) is 0 Å². The van der Waals surface area contributed by atoms with E-state index < -0.39 is 10.0 Å². The molecular formula is C12H16BrClN2O3S. The summed E-state index contributed by atoms with van der Waals surface area (Å²) in [6.45, 7) is 0. The number of nitrogens with two attached hydrogens (primary N) is 1. The van der Waals surface area contributed by atoms with Gasteiger partial charge in [0.05, 0.1) is 15.5 Å². The lowest BCUT2D eigenvalue weighted by atomic mass is 10.2. The molecule has 1 saturated carbocycles. The molecule has 0 amide bonds. The fourth-order valence-corrected chi connectivity index (χ4v) is 4.98. The summed E-state index contributed by atoms with van der Waals surface area (Å²) in [5.74, 6) is 0. The predicted molar refractivity (Wildman–Crippen MR) is 82.3 cm³/mol. The Bertz CT molecular complexity index is 609. The highest BCUT2D eigenvalue weighted by atomic mass is 79.9. The molecular weight excluding hydrogens is 368 g/mol. The number of sulfonamides is 1. The van der Waals surface area contributed by atoms with E-state index in [0.717, 1.165) is 19.3 Å². The van der Waals surface area contributed by atoms with Crippen LogP contribution in [0.4, 0.5) is 5.69 Å². The van der Waals surface area contributed by atoms with Gasteiger partial charge in [-0.3, -0.25) is 0 Å². The Morgan fingerprint density at radius 3 is 2.80 bits per heavy atom. The first kappa shape index (κ1) is 16.0. The van der Waals surface area contributed by atoms with Crippen LogP contribution in [0, 0.1) is 0 Å². The van der Waals surface area contributed by atoms with Gasteiger partial charge in [0, 0.05) is 23.9 Å². The van der Waals surface area contributed by atoms with Gasteiger partial charge in [-0.15, -0.1) is 0 Å². The van der Waals surface area contributed by atoms with Crippen molar-refractivity contribution in [2.45, 2.75) is 36.3 Å². The van der Waals surface area contributed by atoms with Crippen molar-refractivity contribution < 1.29 is 13.2 Å². The third-order valence-electron chi connectivity index (χ3n) is 3.38. The Kier molecular flexibility index (Phi) is 4.96. The van der Waals surface area contributed by atoms with Crippen molar-refractivity contribution in [3.8, 4) is 0 Å².